The predicted octanol–water partition coefficient (Wildman–Crippen LogP) is 2.73. The van der Waals surface area contributed by atoms with Crippen molar-refractivity contribution in [2.45, 2.75) is 6.92 Å². The molecule has 0 spiro atoms. The van der Waals surface area contributed by atoms with Gasteiger partial charge in [0.1, 0.15) is 0 Å². The van der Waals surface area contributed by atoms with Crippen LogP contribution in [-0.4, -0.2) is 11.1 Å². The highest BCUT2D eigenvalue weighted by Gasteiger charge is 2.18. The Kier molecular flexibility index (Phi) is 3.31. The van der Waals surface area contributed by atoms with Gasteiger partial charge in [0.15, 0.2) is 23.3 Å². The van der Waals surface area contributed by atoms with E-state index in [-0.39, 0.29) is 6.07 Å². The van der Waals surface area contributed by atoms with Crippen LogP contribution in [0.4, 0.5) is 17.6 Å². The van der Waals surface area contributed by atoms with Crippen LogP contribution in [0.1, 0.15) is 12.5 Å². The van der Waals surface area contributed by atoms with Crippen LogP contribution in [0.15, 0.2) is 11.6 Å². The number of carbonyl (C=O) groups is 1. The largest absolute Gasteiger partial charge is 0.478 e. The molecule has 6 heteroatoms. The molecule has 0 aliphatic rings. The van der Waals surface area contributed by atoms with Crippen molar-refractivity contribution < 1.29 is 27.5 Å². The first-order chi connectivity index (χ1) is 7.34. The van der Waals surface area contributed by atoms with Crippen molar-refractivity contribution in [3.8, 4) is 0 Å². The molecule has 86 valence electrons. The third-order valence-corrected chi connectivity index (χ3v) is 1.84. The lowest BCUT2D eigenvalue weighted by Crippen LogP contribution is -2.01. The first kappa shape index (κ1) is 12.2. The molecule has 1 aromatic rings. The van der Waals surface area contributed by atoms with Crippen molar-refractivity contribution in [2.24, 2.45) is 0 Å². The summed E-state index contributed by atoms with van der Waals surface area (Å²) in [4.78, 5) is 10.4. The van der Waals surface area contributed by atoms with Gasteiger partial charge in [0.05, 0.1) is 5.56 Å². The molecular weight excluding hydrogens is 228 g/mol. The van der Waals surface area contributed by atoms with E-state index in [1.54, 1.807) is 0 Å². The van der Waals surface area contributed by atoms with E-state index in [4.69, 9.17) is 5.11 Å². The molecule has 0 saturated heterocycles. The Hall–Kier alpha value is -1.85. The zero-order valence-corrected chi connectivity index (χ0v) is 8.02. The number of halogens is 4. The van der Waals surface area contributed by atoms with Gasteiger partial charge in [-0.15, -0.1) is 0 Å². The normalized spacial score (nSPS) is 11.7. The Balaban J connectivity index is 3.44. The lowest BCUT2D eigenvalue weighted by molar-refractivity contribution is -0.132. The minimum atomic E-state index is -1.63. The van der Waals surface area contributed by atoms with E-state index < -0.39 is 40.4 Å². The topological polar surface area (TPSA) is 37.3 Å². The molecule has 0 fully saturated rings. The molecule has 0 bridgehead atoms. The highest BCUT2D eigenvalue weighted by atomic mass is 19.2. The monoisotopic (exact) mass is 234 g/mol. The van der Waals surface area contributed by atoms with Gasteiger partial charge < -0.3 is 5.11 Å². The molecule has 0 saturated carbocycles. The fourth-order valence-corrected chi connectivity index (χ4v) is 0.997. The molecule has 0 aliphatic heterocycles. The average molecular weight is 234 g/mol. The van der Waals surface area contributed by atoms with Gasteiger partial charge in [-0.3, -0.25) is 0 Å². The van der Waals surface area contributed by atoms with Crippen LogP contribution in [0.2, 0.25) is 0 Å². The zero-order valence-electron chi connectivity index (χ0n) is 8.02. The van der Waals surface area contributed by atoms with Crippen LogP contribution in [0, 0.1) is 23.3 Å². The van der Waals surface area contributed by atoms with E-state index in [1.807, 2.05) is 0 Å². The van der Waals surface area contributed by atoms with Crippen molar-refractivity contribution in [1.82, 2.24) is 0 Å². The molecular formula is C10H6F4O2. The number of hydrogen-bond donors (Lipinski definition) is 1. The molecule has 0 aromatic heterocycles. The third-order valence-electron chi connectivity index (χ3n) is 1.84. The number of hydrogen-bond acceptors (Lipinski definition) is 1. The summed E-state index contributed by atoms with van der Waals surface area (Å²) < 4.78 is 51.5. The summed E-state index contributed by atoms with van der Waals surface area (Å²) in [5.41, 5.74) is -1.49. The Morgan fingerprint density at radius 3 is 2.00 bits per heavy atom. The Bertz CT molecular complexity index is 454. The smallest absolute Gasteiger partial charge is 0.331 e. The quantitative estimate of drug-likeness (QED) is 0.485. The van der Waals surface area contributed by atoms with Gasteiger partial charge in [-0.05, 0) is 13.0 Å². The summed E-state index contributed by atoms with van der Waals surface area (Å²) >= 11 is 0. The molecule has 0 aliphatic carbocycles. The van der Waals surface area contributed by atoms with Crippen LogP contribution in [0.5, 0.6) is 0 Å². The summed E-state index contributed by atoms with van der Waals surface area (Å²) in [6, 6.07) is 0.0537. The van der Waals surface area contributed by atoms with Crippen LogP contribution in [-0.2, 0) is 4.79 Å². The van der Waals surface area contributed by atoms with Crippen LogP contribution in [0.25, 0.3) is 6.08 Å². The molecule has 0 radical (unpaired) electrons. The highest BCUT2D eigenvalue weighted by Crippen LogP contribution is 2.21. The van der Waals surface area contributed by atoms with Crippen molar-refractivity contribution >= 4 is 12.0 Å². The summed E-state index contributed by atoms with van der Waals surface area (Å²) in [7, 11) is 0. The minimum Gasteiger partial charge on any atom is -0.478 e. The molecule has 2 nitrogen and oxygen atoms in total. The summed E-state index contributed by atoms with van der Waals surface area (Å²) in [5.74, 6) is -7.85. The first-order valence-electron chi connectivity index (χ1n) is 4.09. The number of carboxylic acids is 1. The van der Waals surface area contributed by atoms with E-state index in [9.17, 15) is 22.4 Å². The van der Waals surface area contributed by atoms with E-state index in [1.165, 1.54) is 0 Å². The van der Waals surface area contributed by atoms with Crippen molar-refractivity contribution in [2.75, 3.05) is 0 Å². The maximum atomic E-state index is 13.0. The zero-order chi connectivity index (χ0) is 12.5. The Morgan fingerprint density at radius 2 is 1.62 bits per heavy atom. The van der Waals surface area contributed by atoms with Gasteiger partial charge in [-0.1, -0.05) is 0 Å². The summed E-state index contributed by atoms with van der Waals surface area (Å²) in [5, 5.41) is 8.46. The average Bonchev–Trinajstić information content (AvgIpc) is 2.21. The second-order valence-corrected chi connectivity index (χ2v) is 3.01. The van der Waals surface area contributed by atoms with Gasteiger partial charge in [0.25, 0.3) is 0 Å². The van der Waals surface area contributed by atoms with E-state index in [2.05, 4.69) is 0 Å². The lowest BCUT2D eigenvalue weighted by atomic mass is 10.1. The SMILES string of the molecule is CC(=Cc1c(F)c(F)cc(F)c1F)C(=O)O. The minimum absolute atomic E-state index is 0.0537. The van der Waals surface area contributed by atoms with Crippen LogP contribution in [0.3, 0.4) is 0 Å². The number of benzene rings is 1. The van der Waals surface area contributed by atoms with E-state index >= 15 is 0 Å². The van der Waals surface area contributed by atoms with Crippen molar-refractivity contribution in [3.05, 3.63) is 40.5 Å². The maximum Gasteiger partial charge on any atom is 0.331 e. The Labute approximate surface area is 87.8 Å². The van der Waals surface area contributed by atoms with Crippen LogP contribution < -0.4 is 0 Å². The number of rotatable bonds is 2. The first-order valence-corrected chi connectivity index (χ1v) is 4.09. The molecule has 0 amide bonds. The molecule has 0 unspecified atom stereocenters. The summed E-state index contributed by atoms with van der Waals surface area (Å²) in [6.07, 6.45) is 0.527. The van der Waals surface area contributed by atoms with Crippen molar-refractivity contribution in [3.63, 3.8) is 0 Å². The third kappa shape index (κ3) is 2.21. The van der Waals surface area contributed by atoms with Crippen molar-refractivity contribution in [1.29, 1.82) is 0 Å². The molecule has 1 rings (SSSR count). The molecule has 1 N–H and O–H groups in total. The lowest BCUT2D eigenvalue weighted by Gasteiger charge is -2.03. The molecule has 1 aromatic carbocycles. The van der Waals surface area contributed by atoms with Gasteiger partial charge >= 0.3 is 5.97 Å². The Morgan fingerprint density at radius 1 is 1.19 bits per heavy atom. The number of carboxylic acid groups (broad SMARTS) is 1. The highest BCUT2D eigenvalue weighted by molar-refractivity contribution is 5.91. The molecule has 16 heavy (non-hydrogen) atoms. The van der Waals surface area contributed by atoms with E-state index in [0.717, 1.165) is 6.92 Å². The second-order valence-electron chi connectivity index (χ2n) is 3.01. The van der Waals surface area contributed by atoms with Gasteiger partial charge in [0, 0.05) is 11.6 Å². The maximum absolute atomic E-state index is 13.0. The van der Waals surface area contributed by atoms with Gasteiger partial charge in [0.2, 0.25) is 0 Å². The summed E-state index contributed by atoms with van der Waals surface area (Å²) in [6.45, 7) is 1.05. The molecule has 0 atom stereocenters. The van der Waals surface area contributed by atoms with E-state index in [0.29, 0.717) is 6.08 Å². The fourth-order valence-electron chi connectivity index (χ4n) is 0.997. The van der Waals surface area contributed by atoms with Gasteiger partial charge in [-0.2, -0.15) is 0 Å². The standard InChI is InChI=1S/C10H6F4O2/c1-4(10(15)16)2-5-8(13)6(11)3-7(12)9(5)14/h2-3H,1H3,(H,15,16). The second kappa shape index (κ2) is 4.34. The number of aliphatic carboxylic acids is 1. The fraction of sp³-hybridized carbons (Fsp3) is 0.100. The predicted molar refractivity (Wildman–Crippen MR) is 47.6 cm³/mol. The molecule has 0 heterocycles. The van der Waals surface area contributed by atoms with Gasteiger partial charge in [-0.25, -0.2) is 22.4 Å². The van der Waals surface area contributed by atoms with Crippen LogP contribution >= 0.6 is 0 Å².